The van der Waals surface area contributed by atoms with Gasteiger partial charge in [-0.1, -0.05) is 51.1 Å². The normalized spacial score (nSPS) is 11.4. The van der Waals surface area contributed by atoms with Crippen LogP contribution in [0.3, 0.4) is 0 Å². The van der Waals surface area contributed by atoms with Gasteiger partial charge < -0.3 is 5.32 Å². The summed E-state index contributed by atoms with van der Waals surface area (Å²) in [7, 11) is 0. The molecule has 140 valence electrons. The van der Waals surface area contributed by atoms with Gasteiger partial charge in [0.05, 0.1) is 5.69 Å². The van der Waals surface area contributed by atoms with Gasteiger partial charge in [0.1, 0.15) is 6.33 Å². The number of nitrogens with zero attached hydrogens (tertiary/aromatic N) is 4. The summed E-state index contributed by atoms with van der Waals surface area (Å²) in [6.45, 7) is 8.55. The Balaban J connectivity index is 1.62. The van der Waals surface area contributed by atoms with E-state index >= 15 is 0 Å². The number of carbonyl (C=O) groups excluding carboxylic acids is 1. The van der Waals surface area contributed by atoms with Crippen molar-refractivity contribution in [1.29, 1.82) is 0 Å². The van der Waals surface area contributed by atoms with Gasteiger partial charge in [-0.3, -0.25) is 4.79 Å². The van der Waals surface area contributed by atoms with Crippen LogP contribution in [0.4, 0.5) is 5.69 Å². The van der Waals surface area contributed by atoms with Crippen molar-refractivity contribution in [3.8, 4) is 5.69 Å². The summed E-state index contributed by atoms with van der Waals surface area (Å²) < 4.78 is 1.56. The molecular weight excluding hydrogens is 338 g/mol. The molecule has 0 saturated carbocycles. The predicted molar refractivity (Wildman–Crippen MR) is 106 cm³/mol. The Hall–Kier alpha value is -3.02. The molecule has 0 aliphatic heterocycles. The maximum absolute atomic E-state index is 12.4. The predicted octanol–water partition coefficient (Wildman–Crippen LogP) is 3.84. The molecule has 0 spiro atoms. The molecule has 3 aromatic rings. The fraction of sp³-hybridized carbons (Fsp3) is 0.333. The van der Waals surface area contributed by atoms with E-state index in [2.05, 4.69) is 65.9 Å². The minimum Gasteiger partial charge on any atom is -0.326 e. The number of hydrogen-bond acceptors (Lipinski definition) is 4. The number of aromatic nitrogens is 4. The average molecular weight is 363 g/mol. The highest BCUT2D eigenvalue weighted by atomic mass is 16.1. The molecule has 27 heavy (non-hydrogen) atoms. The molecule has 0 fully saturated rings. The zero-order chi connectivity index (χ0) is 19.4. The summed E-state index contributed by atoms with van der Waals surface area (Å²) in [4.78, 5) is 12.4. The van der Waals surface area contributed by atoms with Crippen LogP contribution < -0.4 is 5.32 Å². The van der Waals surface area contributed by atoms with E-state index in [0.29, 0.717) is 12.8 Å². The summed E-state index contributed by atoms with van der Waals surface area (Å²) in [6, 6.07) is 14.2. The third-order valence-electron chi connectivity index (χ3n) is 4.57. The molecule has 1 N–H and O–H groups in total. The van der Waals surface area contributed by atoms with Crippen LogP contribution in [0.2, 0.25) is 0 Å². The molecule has 1 amide bonds. The summed E-state index contributed by atoms with van der Waals surface area (Å²) in [5, 5.41) is 14.2. The van der Waals surface area contributed by atoms with Gasteiger partial charge in [-0.05, 0) is 58.0 Å². The number of hydrogen-bond donors (Lipinski definition) is 1. The number of nitrogens with one attached hydrogen (secondary N) is 1. The second-order valence-electron chi connectivity index (χ2n) is 7.75. The fourth-order valence-corrected chi connectivity index (χ4v) is 2.81. The number of amides is 1. The van der Waals surface area contributed by atoms with Crippen LogP contribution in [0.25, 0.3) is 5.69 Å². The Morgan fingerprint density at radius 2 is 1.85 bits per heavy atom. The second kappa shape index (κ2) is 7.70. The molecule has 0 radical (unpaired) electrons. The van der Waals surface area contributed by atoms with E-state index < -0.39 is 0 Å². The number of anilines is 1. The number of aryl methyl sites for hydroxylation is 2. The zero-order valence-electron chi connectivity index (χ0n) is 16.2. The molecular formula is C21H25N5O. The van der Waals surface area contributed by atoms with E-state index in [4.69, 9.17) is 0 Å². The van der Waals surface area contributed by atoms with Crippen molar-refractivity contribution in [3.63, 3.8) is 0 Å². The maximum atomic E-state index is 12.4. The first kappa shape index (κ1) is 18.8. The van der Waals surface area contributed by atoms with Gasteiger partial charge in [0.15, 0.2) is 0 Å². The van der Waals surface area contributed by atoms with Gasteiger partial charge in [0.25, 0.3) is 0 Å². The van der Waals surface area contributed by atoms with Gasteiger partial charge in [-0.2, -0.15) is 0 Å². The summed E-state index contributed by atoms with van der Waals surface area (Å²) in [5.41, 5.74) is 5.17. The Kier molecular flexibility index (Phi) is 5.35. The van der Waals surface area contributed by atoms with E-state index in [1.165, 1.54) is 11.9 Å². The summed E-state index contributed by atoms with van der Waals surface area (Å²) >= 11 is 0. The second-order valence-corrected chi connectivity index (χ2v) is 7.75. The summed E-state index contributed by atoms with van der Waals surface area (Å²) in [6.07, 6.45) is 2.67. The number of benzene rings is 2. The lowest BCUT2D eigenvalue weighted by molar-refractivity contribution is -0.116. The molecule has 2 aromatic carbocycles. The molecule has 0 bridgehead atoms. The van der Waals surface area contributed by atoms with Crippen LogP contribution in [-0.4, -0.2) is 26.1 Å². The average Bonchev–Trinajstić information content (AvgIpc) is 3.16. The van der Waals surface area contributed by atoms with Crippen LogP contribution in [0.5, 0.6) is 0 Å². The van der Waals surface area contributed by atoms with E-state index in [1.807, 2.05) is 25.1 Å². The Morgan fingerprint density at radius 1 is 1.11 bits per heavy atom. The highest BCUT2D eigenvalue weighted by Gasteiger charge is 2.13. The lowest BCUT2D eigenvalue weighted by Crippen LogP contribution is -2.14. The van der Waals surface area contributed by atoms with Crippen molar-refractivity contribution in [2.45, 2.75) is 46.0 Å². The first-order chi connectivity index (χ1) is 12.8. The minimum absolute atomic E-state index is 0.00753. The molecule has 1 aromatic heterocycles. The summed E-state index contributed by atoms with van der Waals surface area (Å²) in [5.74, 6) is -0.00753. The molecule has 0 atom stereocenters. The van der Waals surface area contributed by atoms with Gasteiger partial charge in [-0.15, -0.1) is 5.10 Å². The van der Waals surface area contributed by atoms with Crippen LogP contribution in [0.1, 0.15) is 43.9 Å². The highest BCUT2D eigenvalue weighted by Crippen LogP contribution is 2.23. The van der Waals surface area contributed by atoms with Crippen molar-refractivity contribution in [3.05, 3.63) is 65.5 Å². The molecule has 6 heteroatoms. The monoisotopic (exact) mass is 363 g/mol. The van der Waals surface area contributed by atoms with Gasteiger partial charge in [0, 0.05) is 12.1 Å². The Morgan fingerprint density at radius 3 is 2.48 bits per heavy atom. The van der Waals surface area contributed by atoms with Crippen LogP contribution in [0, 0.1) is 6.92 Å². The van der Waals surface area contributed by atoms with Gasteiger partial charge in [0.2, 0.25) is 5.91 Å². The van der Waals surface area contributed by atoms with Crippen LogP contribution in [-0.2, 0) is 16.6 Å². The van der Waals surface area contributed by atoms with Gasteiger partial charge in [-0.25, -0.2) is 4.68 Å². The topological polar surface area (TPSA) is 72.7 Å². The molecule has 1 heterocycles. The van der Waals surface area contributed by atoms with Crippen molar-refractivity contribution in [1.82, 2.24) is 20.2 Å². The highest BCUT2D eigenvalue weighted by molar-refractivity contribution is 5.92. The smallest absolute Gasteiger partial charge is 0.224 e. The Bertz CT molecular complexity index is 909. The lowest BCUT2D eigenvalue weighted by atomic mass is 9.86. The Labute approximate surface area is 159 Å². The molecule has 0 aliphatic rings. The SMILES string of the molecule is Cc1ccc(-n2cnnn2)cc1NC(=O)CCc1ccc(C(C)(C)C)cc1. The lowest BCUT2D eigenvalue weighted by Gasteiger charge is -2.19. The first-order valence-corrected chi connectivity index (χ1v) is 9.06. The number of tetrazole rings is 1. The minimum atomic E-state index is -0.00753. The zero-order valence-corrected chi connectivity index (χ0v) is 16.2. The van der Waals surface area contributed by atoms with Crippen molar-refractivity contribution < 1.29 is 4.79 Å². The van der Waals surface area contributed by atoms with E-state index in [-0.39, 0.29) is 11.3 Å². The van der Waals surface area contributed by atoms with E-state index in [1.54, 1.807) is 4.68 Å². The molecule has 0 aliphatic carbocycles. The largest absolute Gasteiger partial charge is 0.326 e. The third kappa shape index (κ3) is 4.78. The van der Waals surface area contributed by atoms with Crippen molar-refractivity contribution in [2.24, 2.45) is 0 Å². The maximum Gasteiger partial charge on any atom is 0.224 e. The molecule has 0 unspecified atom stereocenters. The molecule has 3 rings (SSSR count). The number of carbonyl (C=O) groups is 1. The molecule has 6 nitrogen and oxygen atoms in total. The van der Waals surface area contributed by atoms with Crippen LogP contribution >= 0.6 is 0 Å². The quantitative estimate of drug-likeness (QED) is 0.747. The van der Waals surface area contributed by atoms with E-state index in [0.717, 1.165) is 22.5 Å². The molecule has 0 saturated heterocycles. The fourth-order valence-electron chi connectivity index (χ4n) is 2.81. The van der Waals surface area contributed by atoms with Crippen LogP contribution in [0.15, 0.2) is 48.8 Å². The van der Waals surface area contributed by atoms with Crippen molar-refractivity contribution in [2.75, 3.05) is 5.32 Å². The van der Waals surface area contributed by atoms with Crippen molar-refractivity contribution >= 4 is 11.6 Å². The standard InChI is InChI=1S/C21H25N5O/c1-15-5-11-18(26-14-22-24-25-26)13-19(15)23-20(27)12-8-16-6-9-17(10-7-16)21(2,3)4/h5-7,9-11,13-14H,8,12H2,1-4H3,(H,23,27). The first-order valence-electron chi connectivity index (χ1n) is 9.06. The van der Waals surface area contributed by atoms with E-state index in [9.17, 15) is 4.79 Å². The number of rotatable bonds is 5. The third-order valence-corrected chi connectivity index (χ3v) is 4.57. The van der Waals surface area contributed by atoms with Gasteiger partial charge >= 0.3 is 0 Å².